The summed E-state index contributed by atoms with van der Waals surface area (Å²) in [5.41, 5.74) is 3.95. The fourth-order valence-electron chi connectivity index (χ4n) is 4.56. The van der Waals surface area contributed by atoms with Crippen molar-refractivity contribution >= 4 is 44.1 Å². The minimum atomic E-state index is -0.833. The van der Waals surface area contributed by atoms with Gasteiger partial charge < -0.3 is 14.6 Å². The Bertz CT molecular complexity index is 1570. The van der Waals surface area contributed by atoms with Gasteiger partial charge in [-0.25, -0.2) is 4.98 Å². The number of nitrogens with zero attached hydrogens (tertiary/aromatic N) is 2. The van der Waals surface area contributed by atoms with Crippen LogP contribution >= 0.6 is 11.3 Å². The summed E-state index contributed by atoms with van der Waals surface area (Å²) in [5, 5.41) is 11.8. The van der Waals surface area contributed by atoms with Crippen LogP contribution in [-0.4, -0.2) is 35.0 Å². The van der Waals surface area contributed by atoms with Crippen LogP contribution in [0.25, 0.3) is 16.0 Å². The fraction of sp³-hybridized carbons (Fsp3) is 0.179. The molecule has 1 fully saturated rings. The van der Waals surface area contributed by atoms with Gasteiger partial charge in [0.2, 0.25) is 0 Å². The molecule has 3 aromatic carbocycles. The first kappa shape index (κ1) is 22.3. The third-order valence-electron chi connectivity index (χ3n) is 6.39. The Morgan fingerprint density at radius 1 is 0.944 bits per heavy atom. The van der Waals surface area contributed by atoms with Gasteiger partial charge in [-0.3, -0.25) is 14.5 Å². The summed E-state index contributed by atoms with van der Waals surface area (Å²) in [4.78, 5) is 32.9. The molecule has 0 spiro atoms. The SMILES string of the molecule is Cc1ccc([C@H]2/C(=C(\O)c3ccc4c(c3)OCCO4)C(=O)C(=O)N2c2nc3ccc(C)cc3s2)cc1. The molecule has 0 aliphatic carbocycles. The van der Waals surface area contributed by atoms with E-state index in [-0.39, 0.29) is 11.3 Å². The summed E-state index contributed by atoms with van der Waals surface area (Å²) in [6, 6.07) is 17.6. The maximum absolute atomic E-state index is 13.4. The Labute approximate surface area is 211 Å². The number of Topliss-reactive ketones (excluding diaryl/α,β-unsaturated/α-hetero) is 1. The van der Waals surface area contributed by atoms with Crippen molar-refractivity contribution in [3.8, 4) is 11.5 Å². The van der Waals surface area contributed by atoms with Crippen molar-refractivity contribution in [1.29, 1.82) is 0 Å². The summed E-state index contributed by atoms with van der Waals surface area (Å²) >= 11 is 1.35. The Morgan fingerprint density at radius 3 is 2.44 bits per heavy atom. The van der Waals surface area contributed by atoms with Crippen LogP contribution in [0.3, 0.4) is 0 Å². The number of amides is 1. The largest absolute Gasteiger partial charge is 0.507 e. The molecule has 4 aromatic rings. The number of rotatable bonds is 3. The number of hydrogen-bond acceptors (Lipinski definition) is 7. The van der Waals surface area contributed by atoms with E-state index in [1.807, 2.05) is 56.3 Å². The highest BCUT2D eigenvalue weighted by Crippen LogP contribution is 2.45. The first-order valence-corrected chi connectivity index (χ1v) is 12.4. The van der Waals surface area contributed by atoms with Crippen LogP contribution in [0, 0.1) is 13.8 Å². The Balaban J connectivity index is 1.54. The van der Waals surface area contributed by atoms with Gasteiger partial charge in [-0.15, -0.1) is 0 Å². The van der Waals surface area contributed by atoms with Crippen LogP contribution in [0.1, 0.15) is 28.3 Å². The van der Waals surface area contributed by atoms with Crippen molar-refractivity contribution < 1.29 is 24.2 Å². The van der Waals surface area contributed by atoms with Crippen molar-refractivity contribution in [2.24, 2.45) is 0 Å². The number of hydrogen-bond donors (Lipinski definition) is 1. The molecule has 36 heavy (non-hydrogen) atoms. The highest BCUT2D eigenvalue weighted by Gasteiger charge is 2.48. The van der Waals surface area contributed by atoms with Crippen molar-refractivity contribution in [3.05, 3.63) is 88.5 Å². The average Bonchev–Trinajstić information content (AvgIpc) is 3.41. The molecule has 2 aliphatic heterocycles. The lowest BCUT2D eigenvalue weighted by Gasteiger charge is -2.23. The molecule has 2 aliphatic rings. The van der Waals surface area contributed by atoms with Crippen molar-refractivity contribution in [2.75, 3.05) is 18.1 Å². The Morgan fingerprint density at radius 2 is 1.67 bits per heavy atom. The lowest BCUT2D eigenvalue weighted by molar-refractivity contribution is -0.132. The third-order valence-corrected chi connectivity index (χ3v) is 7.41. The second kappa shape index (κ2) is 8.49. The first-order chi connectivity index (χ1) is 17.4. The van der Waals surface area contributed by atoms with Crippen molar-refractivity contribution in [2.45, 2.75) is 19.9 Å². The van der Waals surface area contributed by atoms with Crippen LogP contribution in [0.5, 0.6) is 11.5 Å². The van der Waals surface area contributed by atoms with Gasteiger partial charge >= 0.3 is 5.91 Å². The van der Waals surface area contributed by atoms with E-state index in [1.54, 1.807) is 18.2 Å². The molecule has 180 valence electrons. The zero-order valence-electron chi connectivity index (χ0n) is 19.6. The van der Waals surface area contributed by atoms with Gasteiger partial charge in [0, 0.05) is 5.56 Å². The van der Waals surface area contributed by atoms with E-state index in [0.717, 1.165) is 21.3 Å². The maximum atomic E-state index is 13.4. The number of aliphatic hydroxyl groups excluding tert-OH is 1. The maximum Gasteiger partial charge on any atom is 0.301 e. The van der Waals surface area contributed by atoms with E-state index >= 15 is 0 Å². The quantitative estimate of drug-likeness (QED) is 0.234. The van der Waals surface area contributed by atoms with Crippen molar-refractivity contribution in [3.63, 3.8) is 0 Å². The average molecular weight is 499 g/mol. The number of ether oxygens (including phenoxy) is 2. The summed E-state index contributed by atoms with van der Waals surface area (Å²) < 4.78 is 12.1. The number of ketones is 1. The van der Waals surface area contributed by atoms with Crippen LogP contribution < -0.4 is 14.4 Å². The number of carbonyl (C=O) groups is 2. The highest BCUT2D eigenvalue weighted by molar-refractivity contribution is 7.22. The Hall–Kier alpha value is -4.17. The number of benzene rings is 3. The summed E-state index contributed by atoms with van der Waals surface area (Å²) in [6.07, 6.45) is 0. The van der Waals surface area contributed by atoms with E-state index in [2.05, 4.69) is 4.98 Å². The van der Waals surface area contributed by atoms with Crippen LogP contribution in [-0.2, 0) is 9.59 Å². The molecule has 1 amide bonds. The number of carbonyl (C=O) groups excluding carboxylic acids is 2. The number of thiazole rings is 1. The molecule has 0 unspecified atom stereocenters. The lowest BCUT2D eigenvalue weighted by Crippen LogP contribution is -2.29. The van der Waals surface area contributed by atoms with Crippen LogP contribution in [0.4, 0.5) is 5.13 Å². The monoisotopic (exact) mass is 498 g/mol. The minimum Gasteiger partial charge on any atom is -0.507 e. The fourth-order valence-corrected chi connectivity index (χ4v) is 5.65. The third kappa shape index (κ3) is 3.61. The standard InChI is InChI=1S/C28H22N2O5S/c1-15-3-6-17(7-4-15)24-23(25(31)18-8-10-20-21(14-18)35-12-11-34-20)26(32)27(33)30(24)28-29-19-9-5-16(2)13-22(19)36-28/h3-10,13-14,24,31H,11-12H2,1-2H3/b25-23+/t24-/m0/s1. The van der Waals surface area contributed by atoms with Gasteiger partial charge in [-0.1, -0.05) is 47.2 Å². The molecule has 1 N–H and O–H groups in total. The van der Waals surface area contributed by atoms with Crippen molar-refractivity contribution in [1.82, 2.24) is 4.98 Å². The summed E-state index contributed by atoms with van der Waals surface area (Å²) in [7, 11) is 0. The second-order valence-corrected chi connectivity index (χ2v) is 9.91. The van der Waals surface area contributed by atoms with E-state index in [0.29, 0.717) is 41.0 Å². The zero-order chi connectivity index (χ0) is 25.0. The van der Waals surface area contributed by atoms with Gasteiger partial charge in [0.25, 0.3) is 5.78 Å². The number of aliphatic hydroxyl groups is 1. The van der Waals surface area contributed by atoms with Gasteiger partial charge in [0.05, 0.1) is 21.8 Å². The number of aryl methyl sites for hydroxylation is 2. The molecule has 8 heteroatoms. The molecule has 3 heterocycles. The number of anilines is 1. The highest BCUT2D eigenvalue weighted by atomic mass is 32.1. The predicted molar refractivity (Wildman–Crippen MR) is 138 cm³/mol. The molecule has 0 radical (unpaired) electrons. The zero-order valence-corrected chi connectivity index (χ0v) is 20.5. The molecular formula is C28H22N2O5S. The molecule has 0 bridgehead atoms. The minimum absolute atomic E-state index is 0.0102. The van der Waals surface area contributed by atoms with E-state index < -0.39 is 17.7 Å². The first-order valence-electron chi connectivity index (χ1n) is 11.6. The van der Waals surface area contributed by atoms with Gasteiger partial charge in [0.15, 0.2) is 16.6 Å². The van der Waals surface area contributed by atoms with E-state index in [9.17, 15) is 14.7 Å². The molecule has 1 atom stereocenters. The van der Waals surface area contributed by atoms with E-state index in [4.69, 9.17) is 9.47 Å². The van der Waals surface area contributed by atoms with Gasteiger partial charge in [-0.2, -0.15) is 0 Å². The molecule has 6 rings (SSSR count). The van der Waals surface area contributed by atoms with E-state index in [1.165, 1.54) is 16.2 Å². The Kier molecular flexibility index (Phi) is 5.26. The summed E-state index contributed by atoms with van der Waals surface area (Å²) in [6.45, 7) is 4.79. The smallest absolute Gasteiger partial charge is 0.301 e. The molecule has 1 aromatic heterocycles. The van der Waals surface area contributed by atoms with Crippen LogP contribution in [0.2, 0.25) is 0 Å². The van der Waals surface area contributed by atoms with Gasteiger partial charge in [-0.05, 0) is 55.3 Å². The molecular weight excluding hydrogens is 476 g/mol. The number of aromatic nitrogens is 1. The molecule has 7 nitrogen and oxygen atoms in total. The summed E-state index contributed by atoms with van der Waals surface area (Å²) in [5.74, 6) is -0.708. The van der Waals surface area contributed by atoms with Gasteiger partial charge in [0.1, 0.15) is 19.0 Å². The molecule has 1 saturated heterocycles. The second-order valence-electron chi connectivity index (χ2n) is 8.91. The molecule has 0 saturated carbocycles. The van der Waals surface area contributed by atoms with Crippen LogP contribution in [0.15, 0.2) is 66.2 Å². The lowest BCUT2D eigenvalue weighted by atomic mass is 9.94. The topological polar surface area (TPSA) is 89.0 Å². The normalized spacial score (nSPS) is 18.7. The predicted octanol–water partition coefficient (Wildman–Crippen LogP) is 5.31. The number of fused-ring (bicyclic) bond motifs is 2.